The van der Waals surface area contributed by atoms with Crippen LogP contribution in [-0.2, 0) is 14.3 Å². The highest BCUT2D eigenvalue weighted by Crippen LogP contribution is 2.31. The van der Waals surface area contributed by atoms with Crippen molar-refractivity contribution in [3.8, 4) is 0 Å². The third kappa shape index (κ3) is 1.77. The first-order chi connectivity index (χ1) is 8.16. The molecule has 0 saturated carbocycles. The molecular weight excluding hydrogens is 333 g/mol. The first-order valence-corrected chi connectivity index (χ1v) is 6.53. The summed E-state index contributed by atoms with van der Waals surface area (Å²) in [6.45, 7) is 0. The maximum atomic E-state index is 12.1. The number of amides is 2. The maximum absolute atomic E-state index is 12.1. The van der Waals surface area contributed by atoms with Crippen LogP contribution >= 0.6 is 22.6 Å². The number of halogens is 1. The molecule has 2 unspecified atom stereocenters. The van der Waals surface area contributed by atoms with Crippen molar-refractivity contribution in [1.82, 2.24) is 0 Å². The van der Waals surface area contributed by atoms with Gasteiger partial charge in [-0.1, -0.05) is 0 Å². The first-order valence-electron chi connectivity index (χ1n) is 5.45. The summed E-state index contributed by atoms with van der Waals surface area (Å²) in [7, 11) is 0. The van der Waals surface area contributed by atoms with Gasteiger partial charge in [-0.2, -0.15) is 0 Å². The minimum atomic E-state index is -0.433. The number of imide groups is 1. The zero-order valence-electron chi connectivity index (χ0n) is 8.93. The Kier molecular flexibility index (Phi) is 2.67. The lowest BCUT2D eigenvalue weighted by Crippen LogP contribution is -2.52. The van der Waals surface area contributed by atoms with Crippen LogP contribution in [0.4, 0.5) is 5.69 Å². The van der Waals surface area contributed by atoms with Gasteiger partial charge in [-0.25, -0.2) is 4.90 Å². The molecule has 1 aromatic rings. The summed E-state index contributed by atoms with van der Waals surface area (Å²) in [5, 5.41) is 0. The average molecular weight is 343 g/mol. The number of hydrogen-bond donors (Lipinski definition) is 0. The first kappa shape index (κ1) is 11.2. The number of morpholine rings is 1. The fourth-order valence-electron chi connectivity index (χ4n) is 2.24. The fourth-order valence-corrected chi connectivity index (χ4v) is 2.60. The van der Waals surface area contributed by atoms with E-state index in [4.69, 9.17) is 4.74 Å². The topological polar surface area (TPSA) is 46.6 Å². The average Bonchev–Trinajstić information content (AvgIpc) is 2.76. The molecule has 2 heterocycles. The van der Waals surface area contributed by atoms with Gasteiger partial charge >= 0.3 is 0 Å². The van der Waals surface area contributed by atoms with Crippen LogP contribution in [0.15, 0.2) is 24.3 Å². The summed E-state index contributed by atoms with van der Waals surface area (Å²) in [4.78, 5) is 25.4. The zero-order chi connectivity index (χ0) is 12.0. The van der Waals surface area contributed by atoms with E-state index < -0.39 is 12.2 Å². The lowest BCUT2D eigenvalue weighted by molar-refractivity contribution is -0.146. The quantitative estimate of drug-likeness (QED) is 0.576. The molecule has 88 valence electrons. The minimum Gasteiger partial charge on any atom is -0.355 e. The van der Waals surface area contributed by atoms with Gasteiger partial charge in [0.05, 0.1) is 5.69 Å². The number of nitrogens with zero attached hydrogens (tertiary/aromatic N) is 1. The molecule has 0 aliphatic carbocycles. The second-order valence-corrected chi connectivity index (χ2v) is 5.42. The number of benzene rings is 1. The van der Waals surface area contributed by atoms with Gasteiger partial charge < -0.3 is 4.74 Å². The SMILES string of the molecule is O=C1C2CCC(O2)C(=O)N1c1ccc(I)cc1. The third-order valence-corrected chi connectivity index (χ3v) is 3.82. The van der Waals surface area contributed by atoms with E-state index in [1.807, 2.05) is 12.1 Å². The largest absolute Gasteiger partial charge is 0.355 e. The van der Waals surface area contributed by atoms with E-state index in [-0.39, 0.29) is 11.8 Å². The molecule has 2 aliphatic rings. The van der Waals surface area contributed by atoms with E-state index in [1.165, 1.54) is 4.90 Å². The van der Waals surface area contributed by atoms with E-state index in [9.17, 15) is 9.59 Å². The summed E-state index contributed by atoms with van der Waals surface area (Å²) in [6.07, 6.45) is 0.431. The van der Waals surface area contributed by atoms with Crippen LogP contribution in [0.25, 0.3) is 0 Å². The van der Waals surface area contributed by atoms with Crippen LogP contribution in [0, 0.1) is 3.57 Å². The molecule has 4 nitrogen and oxygen atoms in total. The van der Waals surface area contributed by atoms with Gasteiger partial charge in [0, 0.05) is 3.57 Å². The molecule has 0 radical (unpaired) electrons. The van der Waals surface area contributed by atoms with E-state index in [0.29, 0.717) is 18.5 Å². The molecular formula is C12H10INO3. The van der Waals surface area contributed by atoms with Crippen LogP contribution in [-0.4, -0.2) is 24.0 Å². The Morgan fingerprint density at radius 3 is 2.12 bits per heavy atom. The van der Waals surface area contributed by atoms with E-state index >= 15 is 0 Å². The number of carbonyl (C=O) groups excluding carboxylic acids is 2. The van der Waals surface area contributed by atoms with Crippen molar-refractivity contribution >= 4 is 40.1 Å². The van der Waals surface area contributed by atoms with Crippen LogP contribution in [0.1, 0.15) is 12.8 Å². The molecule has 1 aromatic carbocycles. The van der Waals surface area contributed by atoms with Crippen molar-refractivity contribution in [3.05, 3.63) is 27.8 Å². The molecule has 0 N–H and O–H groups in total. The highest BCUT2D eigenvalue weighted by Gasteiger charge is 2.46. The summed E-state index contributed by atoms with van der Waals surface area (Å²) >= 11 is 2.19. The second-order valence-electron chi connectivity index (χ2n) is 4.18. The highest BCUT2D eigenvalue weighted by molar-refractivity contribution is 14.1. The van der Waals surface area contributed by atoms with E-state index in [0.717, 1.165) is 3.57 Å². The predicted molar refractivity (Wildman–Crippen MR) is 69.5 cm³/mol. The van der Waals surface area contributed by atoms with Gasteiger partial charge in [-0.15, -0.1) is 0 Å². The molecule has 2 aliphatic heterocycles. The zero-order valence-corrected chi connectivity index (χ0v) is 11.1. The summed E-state index contributed by atoms with van der Waals surface area (Å²) < 4.78 is 6.43. The molecule has 2 atom stereocenters. The normalized spacial score (nSPS) is 27.7. The number of ether oxygens (including phenoxy) is 1. The summed E-state index contributed by atoms with van der Waals surface area (Å²) in [5.74, 6) is -0.463. The highest BCUT2D eigenvalue weighted by atomic mass is 127. The molecule has 2 amide bonds. The number of anilines is 1. The Balaban J connectivity index is 1.99. The molecule has 2 fully saturated rings. The Bertz CT molecular complexity index is 463. The Hall–Kier alpha value is -0.950. The standard InChI is InChI=1S/C12H10INO3/c13-7-1-3-8(4-2-7)14-11(15)9-5-6-10(17-9)12(14)16/h1-4,9-10H,5-6H2. The molecule has 2 bridgehead atoms. The lowest BCUT2D eigenvalue weighted by atomic mass is 10.2. The lowest BCUT2D eigenvalue weighted by Gasteiger charge is -2.29. The Labute approximate surface area is 112 Å². The van der Waals surface area contributed by atoms with Crippen molar-refractivity contribution < 1.29 is 14.3 Å². The monoisotopic (exact) mass is 343 g/mol. The van der Waals surface area contributed by atoms with Crippen molar-refractivity contribution in [2.45, 2.75) is 25.0 Å². The van der Waals surface area contributed by atoms with Crippen LogP contribution in [0.3, 0.4) is 0 Å². The maximum Gasteiger partial charge on any atom is 0.262 e. The minimum absolute atomic E-state index is 0.232. The van der Waals surface area contributed by atoms with Crippen molar-refractivity contribution in [2.24, 2.45) is 0 Å². The van der Waals surface area contributed by atoms with Crippen LogP contribution < -0.4 is 4.90 Å². The number of rotatable bonds is 1. The van der Waals surface area contributed by atoms with Gasteiger partial charge in [0.15, 0.2) is 0 Å². The van der Waals surface area contributed by atoms with Crippen LogP contribution in [0.5, 0.6) is 0 Å². The van der Waals surface area contributed by atoms with Gasteiger partial charge in [-0.3, -0.25) is 9.59 Å². The Morgan fingerprint density at radius 1 is 1.06 bits per heavy atom. The van der Waals surface area contributed by atoms with Gasteiger partial charge in [-0.05, 0) is 59.7 Å². The summed E-state index contributed by atoms with van der Waals surface area (Å²) in [5.41, 5.74) is 0.639. The summed E-state index contributed by atoms with van der Waals surface area (Å²) in [6, 6.07) is 7.35. The molecule has 3 rings (SSSR count). The molecule has 0 aromatic heterocycles. The van der Waals surface area contributed by atoms with Crippen molar-refractivity contribution in [2.75, 3.05) is 4.90 Å². The number of fused-ring (bicyclic) bond motifs is 2. The van der Waals surface area contributed by atoms with E-state index in [2.05, 4.69) is 22.6 Å². The van der Waals surface area contributed by atoms with Gasteiger partial charge in [0.25, 0.3) is 11.8 Å². The molecule has 0 spiro atoms. The van der Waals surface area contributed by atoms with Gasteiger partial charge in [0.1, 0.15) is 12.2 Å². The second kappa shape index (κ2) is 4.06. The molecule has 2 saturated heterocycles. The number of carbonyl (C=O) groups is 2. The van der Waals surface area contributed by atoms with Gasteiger partial charge in [0.2, 0.25) is 0 Å². The Morgan fingerprint density at radius 2 is 1.59 bits per heavy atom. The molecule has 5 heteroatoms. The predicted octanol–water partition coefficient (Wildman–Crippen LogP) is 1.71. The van der Waals surface area contributed by atoms with Crippen LogP contribution in [0.2, 0.25) is 0 Å². The third-order valence-electron chi connectivity index (χ3n) is 3.10. The smallest absolute Gasteiger partial charge is 0.262 e. The molecule has 17 heavy (non-hydrogen) atoms. The number of hydrogen-bond acceptors (Lipinski definition) is 3. The van der Waals surface area contributed by atoms with Crippen molar-refractivity contribution in [3.63, 3.8) is 0 Å². The van der Waals surface area contributed by atoms with Crippen molar-refractivity contribution in [1.29, 1.82) is 0 Å². The fraction of sp³-hybridized carbons (Fsp3) is 0.333. The van der Waals surface area contributed by atoms with E-state index in [1.54, 1.807) is 12.1 Å².